The number of halogens is 3. The van der Waals surface area contributed by atoms with Crippen LogP contribution in [0, 0.1) is 17.5 Å². The van der Waals surface area contributed by atoms with Gasteiger partial charge < -0.3 is 30.6 Å². The number of oxime groups is 1. The van der Waals surface area contributed by atoms with Gasteiger partial charge in [0.1, 0.15) is 35.8 Å². The maximum Gasteiger partial charge on any atom is 0.319 e. The van der Waals surface area contributed by atoms with E-state index in [1.54, 1.807) is 0 Å². The molecule has 2 aromatic rings. The standard InChI is InChI=1S/C20H21F3N4O4/c1-30-13-8-15(22)17(16(23)9-13)14-10-24-19(27-31-7-6-28)18(14)26-20(29)25-12-4-2-11(21)3-5-12/h2-5,8-9,14,18,28H,6-7,10H2,1H3,(H,24,27)(H2,25,26,29)/t14-,18-/m0/s1. The van der Waals surface area contributed by atoms with Gasteiger partial charge in [-0.15, -0.1) is 0 Å². The summed E-state index contributed by atoms with van der Waals surface area (Å²) < 4.78 is 47.3. The van der Waals surface area contributed by atoms with Crippen LogP contribution in [0.4, 0.5) is 23.7 Å². The van der Waals surface area contributed by atoms with Crippen LogP contribution in [0.5, 0.6) is 5.75 Å². The SMILES string of the molecule is COc1cc(F)c([C@@H]2CN/C(=N\OCCO)[C@H]2NC(=O)Nc2ccc(F)cc2)c(F)c1. The number of hydrogen-bond donors (Lipinski definition) is 4. The van der Waals surface area contributed by atoms with Gasteiger partial charge in [-0.2, -0.15) is 0 Å². The highest BCUT2D eigenvalue weighted by Crippen LogP contribution is 2.31. The number of anilines is 1. The second-order valence-electron chi connectivity index (χ2n) is 6.61. The maximum atomic E-state index is 14.7. The van der Waals surface area contributed by atoms with Gasteiger partial charge >= 0.3 is 6.03 Å². The van der Waals surface area contributed by atoms with Crippen LogP contribution in [0.15, 0.2) is 41.6 Å². The van der Waals surface area contributed by atoms with Crippen molar-refractivity contribution in [2.24, 2.45) is 5.16 Å². The molecule has 166 valence electrons. The van der Waals surface area contributed by atoms with E-state index in [0.29, 0.717) is 5.69 Å². The van der Waals surface area contributed by atoms with Crippen LogP contribution in [0.1, 0.15) is 11.5 Å². The van der Waals surface area contributed by atoms with Gasteiger partial charge in [0.25, 0.3) is 0 Å². The zero-order valence-electron chi connectivity index (χ0n) is 16.5. The average Bonchev–Trinajstić information content (AvgIpc) is 3.11. The second-order valence-corrected chi connectivity index (χ2v) is 6.61. The number of nitrogens with one attached hydrogen (secondary N) is 3. The molecule has 1 aliphatic rings. The summed E-state index contributed by atoms with van der Waals surface area (Å²) in [4.78, 5) is 17.4. The minimum Gasteiger partial charge on any atom is -0.497 e. The molecule has 0 bridgehead atoms. The molecule has 0 unspecified atom stereocenters. The third-order valence-corrected chi connectivity index (χ3v) is 4.59. The Bertz CT molecular complexity index is 933. The smallest absolute Gasteiger partial charge is 0.319 e. The van der Waals surface area contributed by atoms with Crippen LogP contribution in [-0.2, 0) is 4.84 Å². The third kappa shape index (κ3) is 5.37. The van der Waals surface area contributed by atoms with Crippen LogP contribution < -0.4 is 20.7 Å². The Morgan fingerprint density at radius 2 is 1.90 bits per heavy atom. The van der Waals surface area contributed by atoms with Gasteiger partial charge in [-0.05, 0) is 24.3 Å². The molecule has 31 heavy (non-hydrogen) atoms. The number of aliphatic hydroxyl groups excluding tert-OH is 1. The number of nitrogens with zero attached hydrogens (tertiary/aromatic N) is 1. The molecular formula is C20H21F3N4O4. The molecule has 1 aliphatic heterocycles. The first kappa shape index (κ1) is 22.2. The van der Waals surface area contributed by atoms with E-state index in [-0.39, 0.29) is 36.9 Å². The first-order chi connectivity index (χ1) is 14.9. The van der Waals surface area contributed by atoms with E-state index in [0.717, 1.165) is 12.1 Å². The third-order valence-electron chi connectivity index (χ3n) is 4.59. The molecule has 2 atom stereocenters. The monoisotopic (exact) mass is 438 g/mol. The fourth-order valence-electron chi connectivity index (χ4n) is 3.19. The van der Waals surface area contributed by atoms with Crippen LogP contribution in [0.25, 0.3) is 0 Å². The molecule has 4 N–H and O–H groups in total. The van der Waals surface area contributed by atoms with E-state index in [2.05, 4.69) is 21.1 Å². The molecule has 1 heterocycles. The van der Waals surface area contributed by atoms with E-state index in [4.69, 9.17) is 14.7 Å². The number of methoxy groups -OCH3 is 1. The zero-order chi connectivity index (χ0) is 22.4. The van der Waals surface area contributed by atoms with Gasteiger partial charge in [-0.25, -0.2) is 18.0 Å². The lowest BCUT2D eigenvalue weighted by Crippen LogP contribution is -2.45. The van der Waals surface area contributed by atoms with Crippen molar-refractivity contribution < 1.29 is 32.6 Å². The molecule has 11 heteroatoms. The van der Waals surface area contributed by atoms with Crippen molar-refractivity contribution in [3.8, 4) is 5.75 Å². The predicted octanol–water partition coefficient (Wildman–Crippen LogP) is 2.31. The van der Waals surface area contributed by atoms with Crippen molar-refractivity contribution in [2.45, 2.75) is 12.0 Å². The Labute approximate surface area is 176 Å². The largest absolute Gasteiger partial charge is 0.497 e. The summed E-state index contributed by atoms with van der Waals surface area (Å²) in [6, 6.07) is 5.49. The minimum atomic E-state index is -0.975. The number of carbonyl (C=O) groups is 1. The summed E-state index contributed by atoms with van der Waals surface area (Å²) in [5.74, 6) is -2.86. The van der Waals surface area contributed by atoms with Crippen molar-refractivity contribution in [3.05, 3.63) is 59.4 Å². The molecule has 2 amide bonds. The molecule has 2 aromatic carbocycles. The maximum absolute atomic E-state index is 14.7. The van der Waals surface area contributed by atoms with Crippen molar-refractivity contribution in [1.82, 2.24) is 10.6 Å². The van der Waals surface area contributed by atoms with Gasteiger partial charge in [-0.1, -0.05) is 5.16 Å². The lowest BCUT2D eigenvalue weighted by Gasteiger charge is -2.21. The Morgan fingerprint density at radius 1 is 1.23 bits per heavy atom. The molecule has 3 rings (SSSR count). The molecule has 0 aliphatic carbocycles. The van der Waals surface area contributed by atoms with E-state index in [1.807, 2.05) is 0 Å². The van der Waals surface area contributed by atoms with Gasteiger partial charge in [0.2, 0.25) is 0 Å². The normalized spacial score (nSPS) is 19.1. The number of urea groups is 1. The minimum absolute atomic E-state index is 0.0171. The van der Waals surface area contributed by atoms with Crippen LogP contribution in [0.2, 0.25) is 0 Å². The summed E-state index contributed by atoms with van der Waals surface area (Å²) >= 11 is 0. The first-order valence-corrected chi connectivity index (χ1v) is 9.33. The lowest BCUT2D eigenvalue weighted by molar-refractivity contribution is 0.0974. The summed E-state index contributed by atoms with van der Waals surface area (Å²) in [6.45, 7) is -0.330. The number of amides is 2. The summed E-state index contributed by atoms with van der Waals surface area (Å²) in [5, 5.41) is 20.7. The fourth-order valence-corrected chi connectivity index (χ4v) is 3.19. The zero-order valence-corrected chi connectivity index (χ0v) is 16.5. The van der Waals surface area contributed by atoms with E-state index in [9.17, 15) is 18.0 Å². The van der Waals surface area contributed by atoms with Crippen LogP contribution >= 0.6 is 0 Å². The summed E-state index contributed by atoms with van der Waals surface area (Å²) in [5.41, 5.74) is 0.0611. The van der Waals surface area contributed by atoms with Gasteiger partial charge in [0, 0.05) is 35.8 Å². The molecule has 0 saturated carbocycles. The number of aliphatic hydroxyl groups is 1. The van der Waals surface area contributed by atoms with Crippen LogP contribution in [0.3, 0.4) is 0 Å². The number of carbonyl (C=O) groups excluding carboxylic acids is 1. The lowest BCUT2D eigenvalue weighted by atomic mass is 9.92. The van der Waals surface area contributed by atoms with E-state index < -0.39 is 35.4 Å². The highest BCUT2D eigenvalue weighted by atomic mass is 19.1. The fraction of sp³-hybridized carbons (Fsp3) is 0.300. The Kier molecular flexibility index (Phi) is 7.19. The number of amidine groups is 1. The molecule has 0 radical (unpaired) electrons. The number of rotatable bonds is 7. The van der Waals surface area contributed by atoms with Gasteiger partial charge in [0.05, 0.1) is 13.7 Å². The average molecular weight is 438 g/mol. The molecule has 8 nitrogen and oxygen atoms in total. The topological polar surface area (TPSA) is 104 Å². The summed E-state index contributed by atoms with van der Waals surface area (Å²) in [7, 11) is 1.29. The van der Waals surface area contributed by atoms with Crippen molar-refractivity contribution in [2.75, 3.05) is 32.2 Å². The van der Waals surface area contributed by atoms with Crippen LogP contribution in [-0.4, -0.2) is 49.9 Å². The Hall–Kier alpha value is -3.47. The molecule has 0 spiro atoms. The highest BCUT2D eigenvalue weighted by Gasteiger charge is 2.39. The Morgan fingerprint density at radius 3 is 2.52 bits per heavy atom. The van der Waals surface area contributed by atoms with Crippen molar-refractivity contribution in [1.29, 1.82) is 0 Å². The van der Waals surface area contributed by atoms with Crippen molar-refractivity contribution >= 4 is 17.6 Å². The molecular weight excluding hydrogens is 417 g/mol. The quantitative estimate of drug-likeness (QED) is 0.392. The van der Waals surface area contributed by atoms with Gasteiger partial charge in [-0.3, -0.25) is 0 Å². The summed E-state index contributed by atoms with van der Waals surface area (Å²) in [6.07, 6.45) is 0. The van der Waals surface area contributed by atoms with Gasteiger partial charge in [0.15, 0.2) is 5.84 Å². The molecule has 0 aromatic heterocycles. The molecule has 1 fully saturated rings. The second kappa shape index (κ2) is 10.0. The number of hydrogen-bond acceptors (Lipinski definition) is 5. The number of ether oxygens (including phenoxy) is 1. The van der Waals surface area contributed by atoms with E-state index >= 15 is 0 Å². The molecule has 1 saturated heterocycles. The Balaban J connectivity index is 1.85. The van der Waals surface area contributed by atoms with E-state index in [1.165, 1.54) is 31.4 Å². The highest BCUT2D eigenvalue weighted by molar-refractivity contribution is 5.97. The van der Waals surface area contributed by atoms with Crippen molar-refractivity contribution in [3.63, 3.8) is 0 Å². The predicted molar refractivity (Wildman–Crippen MR) is 106 cm³/mol. The number of benzene rings is 2. The first-order valence-electron chi connectivity index (χ1n) is 9.33.